The summed E-state index contributed by atoms with van der Waals surface area (Å²) in [5, 5.41) is 0. The number of hydrogen-bond donors (Lipinski definition) is 2. The zero-order valence-corrected chi connectivity index (χ0v) is 28.8. The van der Waals surface area contributed by atoms with Crippen LogP contribution in [-0.4, -0.2) is 0 Å². The van der Waals surface area contributed by atoms with Gasteiger partial charge in [0.1, 0.15) is 0 Å². The Morgan fingerprint density at radius 2 is 0.591 bits per heavy atom. The summed E-state index contributed by atoms with van der Waals surface area (Å²) in [4.78, 5) is 0. The summed E-state index contributed by atoms with van der Waals surface area (Å²) >= 11 is 0. The van der Waals surface area contributed by atoms with Crippen LogP contribution in [0, 0.1) is 55.4 Å². The highest BCUT2D eigenvalue weighted by atomic mass is 14.5. The van der Waals surface area contributed by atoms with Crippen LogP contribution in [0.4, 0.5) is 11.4 Å². The van der Waals surface area contributed by atoms with Gasteiger partial charge in [-0.2, -0.15) is 0 Å². The van der Waals surface area contributed by atoms with Crippen LogP contribution in [0.3, 0.4) is 0 Å². The average molecular weight is 589 g/mol. The first-order chi connectivity index (χ1) is 21.0. The SMILES string of the molecule is Cc1c(C)c(Cc2ccc(N)cc2)c(C)c(C)c1CCCCCCCCc1c(C)c(C)c(Cc2ccc(N)cc2)c(C)c1C. The highest BCUT2D eigenvalue weighted by Crippen LogP contribution is 2.32. The fourth-order valence-corrected chi connectivity index (χ4v) is 7.21. The summed E-state index contributed by atoms with van der Waals surface area (Å²) < 4.78 is 0. The van der Waals surface area contributed by atoms with Crippen LogP contribution in [0.1, 0.15) is 116 Å². The molecule has 0 aliphatic heterocycles. The molecule has 0 aliphatic carbocycles. The van der Waals surface area contributed by atoms with Crippen molar-refractivity contribution in [3.8, 4) is 0 Å². The Bertz CT molecular complexity index is 1390. The number of nitrogens with two attached hydrogens (primary N) is 2. The number of benzene rings is 4. The molecule has 234 valence electrons. The van der Waals surface area contributed by atoms with Gasteiger partial charge in [-0.25, -0.2) is 0 Å². The summed E-state index contributed by atoms with van der Waals surface area (Å²) in [6.45, 7) is 18.6. The zero-order chi connectivity index (χ0) is 32.0. The van der Waals surface area contributed by atoms with Crippen molar-refractivity contribution in [3.63, 3.8) is 0 Å². The van der Waals surface area contributed by atoms with Crippen molar-refractivity contribution < 1.29 is 0 Å². The lowest BCUT2D eigenvalue weighted by Gasteiger charge is -2.21. The molecule has 2 nitrogen and oxygen atoms in total. The van der Waals surface area contributed by atoms with Gasteiger partial charge >= 0.3 is 0 Å². The maximum atomic E-state index is 5.91. The molecule has 0 heterocycles. The minimum absolute atomic E-state index is 0.830. The molecule has 0 unspecified atom stereocenters. The molecule has 0 spiro atoms. The van der Waals surface area contributed by atoms with Gasteiger partial charge in [0.15, 0.2) is 0 Å². The Hall–Kier alpha value is -3.52. The van der Waals surface area contributed by atoms with E-state index in [0.717, 1.165) is 24.2 Å². The number of hydrogen-bond acceptors (Lipinski definition) is 2. The molecular weight excluding hydrogens is 532 g/mol. The molecule has 0 atom stereocenters. The fraction of sp³-hybridized carbons (Fsp3) is 0.429. The molecule has 0 saturated heterocycles. The molecule has 4 rings (SSSR count). The van der Waals surface area contributed by atoms with Gasteiger partial charge in [-0.15, -0.1) is 0 Å². The summed E-state index contributed by atoms with van der Waals surface area (Å²) in [5.74, 6) is 0. The van der Waals surface area contributed by atoms with Gasteiger partial charge in [0.25, 0.3) is 0 Å². The van der Waals surface area contributed by atoms with Crippen LogP contribution in [0.2, 0.25) is 0 Å². The third-order valence-corrected chi connectivity index (χ3v) is 10.7. The van der Waals surface area contributed by atoms with Gasteiger partial charge in [-0.1, -0.05) is 49.9 Å². The predicted octanol–water partition coefficient (Wildman–Crippen LogP) is 10.6. The van der Waals surface area contributed by atoms with Crippen molar-refractivity contribution in [2.75, 3.05) is 11.5 Å². The van der Waals surface area contributed by atoms with Gasteiger partial charge in [-0.05, 0) is 196 Å². The Morgan fingerprint density at radius 3 is 0.886 bits per heavy atom. The Balaban J connectivity index is 1.26. The van der Waals surface area contributed by atoms with Crippen LogP contribution in [-0.2, 0) is 25.7 Å². The van der Waals surface area contributed by atoms with E-state index in [1.54, 1.807) is 11.1 Å². The van der Waals surface area contributed by atoms with Crippen LogP contribution >= 0.6 is 0 Å². The number of nitrogen functional groups attached to an aromatic ring is 2. The lowest BCUT2D eigenvalue weighted by atomic mass is 9.84. The molecule has 44 heavy (non-hydrogen) atoms. The maximum absolute atomic E-state index is 5.91. The summed E-state index contributed by atoms with van der Waals surface area (Å²) in [6, 6.07) is 16.7. The molecule has 0 aliphatic rings. The first-order valence-electron chi connectivity index (χ1n) is 16.8. The molecule has 0 fully saturated rings. The topological polar surface area (TPSA) is 52.0 Å². The number of rotatable bonds is 13. The highest BCUT2D eigenvalue weighted by Gasteiger charge is 2.16. The molecule has 4 N–H and O–H groups in total. The van der Waals surface area contributed by atoms with Crippen molar-refractivity contribution >= 4 is 11.4 Å². The first kappa shape index (κ1) is 33.4. The minimum atomic E-state index is 0.830. The Labute approximate surface area is 268 Å². The monoisotopic (exact) mass is 588 g/mol. The van der Waals surface area contributed by atoms with Crippen LogP contribution < -0.4 is 11.5 Å². The molecule has 0 bridgehead atoms. The summed E-state index contributed by atoms with van der Waals surface area (Å²) in [5.41, 5.74) is 34.1. The van der Waals surface area contributed by atoms with E-state index >= 15 is 0 Å². The Morgan fingerprint density at radius 1 is 0.341 bits per heavy atom. The van der Waals surface area contributed by atoms with E-state index in [0.29, 0.717) is 0 Å². The van der Waals surface area contributed by atoms with E-state index in [9.17, 15) is 0 Å². The number of unbranched alkanes of at least 4 members (excludes halogenated alkanes) is 5. The molecule has 0 saturated carbocycles. The second-order valence-electron chi connectivity index (χ2n) is 13.4. The molecule has 4 aromatic rings. The van der Waals surface area contributed by atoms with E-state index in [4.69, 9.17) is 11.5 Å². The number of anilines is 2. The maximum Gasteiger partial charge on any atom is 0.0314 e. The quantitative estimate of drug-likeness (QED) is 0.121. The smallest absolute Gasteiger partial charge is 0.0314 e. The summed E-state index contributed by atoms with van der Waals surface area (Å²) in [6.07, 6.45) is 12.2. The summed E-state index contributed by atoms with van der Waals surface area (Å²) in [7, 11) is 0. The zero-order valence-electron chi connectivity index (χ0n) is 28.8. The first-order valence-corrected chi connectivity index (χ1v) is 16.8. The third-order valence-electron chi connectivity index (χ3n) is 10.7. The molecule has 0 radical (unpaired) electrons. The lowest BCUT2D eigenvalue weighted by Crippen LogP contribution is -2.06. The van der Waals surface area contributed by atoms with Crippen molar-refractivity contribution in [3.05, 3.63) is 126 Å². The van der Waals surface area contributed by atoms with E-state index in [1.807, 2.05) is 24.3 Å². The predicted molar refractivity (Wildman–Crippen MR) is 193 cm³/mol. The van der Waals surface area contributed by atoms with E-state index in [1.165, 1.54) is 118 Å². The molecule has 0 aromatic heterocycles. The van der Waals surface area contributed by atoms with Gasteiger partial charge in [-0.3, -0.25) is 0 Å². The molecule has 4 aromatic carbocycles. The molecule has 0 amide bonds. The average Bonchev–Trinajstić information content (AvgIpc) is 3.01. The minimum Gasteiger partial charge on any atom is -0.399 e. The second-order valence-corrected chi connectivity index (χ2v) is 13.4. The van der Waals surface area contributed by atoms with Gasteiger partial charge in [0, 0.05) is 11.4 Å². The van der Waals surface area contributed by atoms with Gasteiger partial charge < -0.3 is 11.5 Å². The highest BCUT2D eigenvalue weighted by molar-refractivity contribution is 5.53. The largest absolute Gasteiger partial charge is 0.399 e. The van der Waals surface area contributed by atoms with Crippen molar-refractivity contribution in [1.82, 2.24) is 0 Å². The van der Waals surface area contributed by atoms with Crippen molar-refractivity contribution in [1.29, 1.82) is 0 Å². The van der Waals surface area contributed by atoms with Crippen molar-refractivity contribution in [2.24, 2.45) is 0 Å². The molecular formula is C42H56N2. The van der Waals surface area contributed by atoms with Crippen LogP contribution in [0.5, 0.6) is 0 Å². The van der Waals surface area contributed by atoms with Crippen LogP contribution in [0.25, 0.3) is 0 Å². The van der Waals surface area contributed by atoms with Gasteiger partial charge in [0.2, 0.25) is 0 Å². The van der Waals surface area contributed by atoms with Crippen molar-refractivity contribution in [2.45, 2.75) is 120 Å². The standard InChI is InChI=1S/C42H56N2/c1-27-31(5)41(25-35-17-21-37(43)22-18-35)32(6)28(2)39(27)15-13-11-9-10-12-14-16-40-29(3)33(7)42(34(8)30(40)4)26-36-19-23-38(44)24-20-36/h17-24H,9-16,25-26,43-44H2,1-8H3. The van der Waals surface area contributed by atoms with E-state index < -0.39 is 0 Å². The van der Waals surface area contributed by atoms with E-state index in [-0.39, 0.29) is 0 Å². The lowest BCUT2D eigenvalue weighted by molar-refractivity contribution is 0.591. The fourth-order valence-electron chi connectivity index (χ4n) is 7.21. The normalized spacial score (nSPS) is 11.4. The van der Waals surface area contributed by atoms with Gasteiger partial charge in [0.05, 0.1) is 0 Å². The Kier molecular flexibility index (Phi) is 11.4. The third kappa shape index (κ3) is 7.76. The van der Waals surface area contributed by atoms with Crippen LogP contribution in [0.15, 0.2) is 48.5 Å². The second kappa shape index (κ2) is 15.0. The van der Waals surface area contributed by atoms with E-state index in [2.05, 4.69) is 79.7 Å². The molecule has 2 heteroatoms.